The van der Waals surface area contributed by atoms with Crippen molar-refractivity contribution in [2.45, 2.75) is 64.8 Å². The zero-order chi connectivity index (χ0) is 14.8. The molecule has 0 aliphatic carbocycles. The summed E-state index contributed by atoms with van der Waals surface area (Å²) in [5.41, 5.74) is 2.64. The second-order valence-electron chi connectivity index (χ2n) is 5.98. The highest BCUT2D eigenvalue weighted by atomic mass is 14.9. The summed E-state index contributed by atoms with van der Waals surface area (Å²) in [6.07, 6.45) is 15.6. The molecule has 0 fully saturated rings. The minimum atomic E-state index is 1.15. The van der Waals surface area contributed by atoms with Crippen LogP contribution in [0.2, 0.25) is 0 Å². The van der Waals surface area contributed by atoms with Crippen LogP contribution in [0.25, 0.3) is 11.1 Å². The Morgan fingerprint density at radius 3 is 2.10 bits per heavy atom. The number of rotatable bonds is 10. The Labute approximate surface area is 130 Å². The van der Waals surface area contributed by atoms with Crippen LogP contribution >= 0.6 is 0 Å². The normalized spacial score (nSPS) is 10.9. The maximum Gasteiger partial charge on any atom is 0.0219 e. The van der Waals surface area contributed by atoms with Crippen molar-refractivity contribution in [3.63, 3.8) is 0 Å². The van der Waals surface area contributed by atoms with Gasteiger partial charge >= 0.3 is 0 Å². The minimum absolute atomic E-state index is 1.15. The molecule has 0 saturated carbocycles. The van der Waals surface area contributed by atoms with Crippen LogP contribution in [0.4, 0.5) is 0 Å². The van der Waals surface area contributed by atoms with Gasteiger partial charge in [0.1, 0.15) is 0 Å². The molecule has 0 saturated heterocycles. The second-order valence-corrected chi connectivity index (χ2v) is 5.98. The molecule has 0 atom stereocenters. The van der Waals surface area contributed by atoms with Crippen molar-refractivity contribution in [1.82, 2.24) is 4.57 Å². The standard InChI is InChI=1S/C20H29N/c1-2-3-4-5-6-7-8-12-16-21-17-15-20(18-21)19-13-10-9-11-14-19/h9-11,13-15,17-18H,2-8,12,16H2,1H3. The SMILES string of the molecule is CCCCCCCCCCn1ccc(-c2ccccc2)c1. The third-order valence-electron chi connectivity index (χ3n) is 4.13. The Hall–Kier alpha value is -1.50. The van der Waals surface area contributed by atoms with Gasteiger partial charge in [-0.1, -0.05) is 82.2 Å². The smallest absolute Gasteiger partial charge is 0.0219 e. The predicted molar refractivity (Wildman–Crippen MR) is 92.5 cm³/mol. The first kappa shape index (κ1) is 15.9. The van der Waals surface area contributed by atoms with E-state index in [4.69, 9.17) is 0 Å². The van der Waals surface area contributed by atoms with Gasteiger partial charge in [0, 0.05) is 18.9 Å². The van der Waals surface area contributed by atoms with Crippen molar-refractivity contribution < 1.29 is 0 Å². The third-order valence-corrected chi connectivity index (χ3v) is 4.13. The average molecular weight is 283 g/mol. The van der Waals surface area contributed by atoms with Crippen molar-refractivity contribution in [3.05, 3.63) is 48.8 Å². The molecule has 0 unspecified atom stereocenters. The average Bonchev–Trinajstić information content (AvgIpc) is 3.00. The fraction of sp³-hybridized carbons (Fsp3) is 0.500. The summed E-state index contributed by atoms with van der Waals surface area (Å²) in [4.78, 5) is 0. The number of unbranched alkanes of at least 4 members (excludes halogenated alkanes) is 7. The zero-order valence-electron chi connectivity index (χ0n) is 13.4. The first-order valence-electron chi connectivity index (χ1n) is 8.61. The van der Waals surface area contributed by atoms with Crippen LogP contribution in [-0.4, -0.2) is 4.57 Å². The van der Waals surface area contributed by atoms with Crippen LogP contribution in [0.3, 0.4) is 0 Å². The fourth-order valence-corrected chi connectivity index (χ4v) is 2.81. The molecule has 0 aliphatic rings. The van der Waals surface area contributed by atoms with Crippen molar-refractivity contribution in [3.8, 4) is 11.1 Å². The molecule has 2 rings (SSSR count). The lowest BCUT2D eigenvalue weighted by atomic mass is 10.1. The predicted octanol–water partition coefficient (Wildman–Crippen LogP) is 6.30. The Balaban J connectivity index is 1.63. The molecule has 1 nitrogen and oxygen atoms in total. The number of nitrogens with zero attached hydrogens (tertiary/aromatic N) is 1. The molecular formula is C20H29N. The summed E-state index contributed by atoms with van der Waals surface area (Å²) in [5, 5.41) is 0. The molecule has 1 aromatic carbocycles. The van der Waals surface area contributed by atoms with Gasteiger partial charge in [-0.25, -0.2) is 0 Å². The zero-order valence-corrected chi connectivity index (χ0v) is 13.4. The van der Waals surface area contributed by atoms with Crippen LogP contribution in [0.1, 0.15) is 58.3 Å². The van der Waals surface area contributed by atoms with Gasteiger partial charge in [-0.15, -0.1) is 0 Å². The van der Waals surface area contributed by atoms with Gasteiger partial charge in [0.05, 0.1) is 0 Å². The second kappa shape index (κ2) is 9.44. The van der Waals surface area contributed by atoms with E-state index in [1.165, 1.54) is 62.5 Å². The Kier molecular flexibility index (Phi) is 7.14. The quantitative estimate of drug-likeness (QED) is 0.451. The van der Waals surface area contributed by atoms with E-state index in [1.807, 2.05) is 0 Å². The monoisotopic (exact) mass is 283 g/mol. The van der Waals surface area contributed by atoms with E-state index in [0.29, 0.717) is 0 Å². The minimum Gasteiger partial charge on any atom is -0.354 e. The lowest BCUT2D eigenvalue weighted by molar-refractivity contribution is 0.545. The van der Waals surface area contributed by atoms with Crippen molar-refractivity contribution in [1.29, 1.82) is 0 Å². The van der Waals surface area contributed by atoms with Crippen LogP contribution in [-0.2, 0) is 6.54 Å². The van der Waals surface area contributed by atoms with Gasteiger partial charge < -0.3 is 4.57 Å². The largest absolute Gasteiger partial charge is 0.354 e. The van der Waals surface area contributed by atoms with Crippen LogP contribution in [0.15, 0.2) is 48.8 Å². The number of aryl methyl sites for hydroxylation is 1. The third kappa shape index (κ3) is 5.79. The summed E-state index contributed by atoms with van der Waals surface area (Å²) < 4.78 is 2.33. The maximum absolute atomic E-state index is 2.33. The summed E-state index contributed by atoms with van der Waals surface area (Å²) in [6, 6.07) is 12.9. The van der Waals surface area contributed by atoms with Crippen molar-refractivity contribution in [2.24, 2.45) is 0 Å². The summed E-state index contributed by atoms with van der Waals surface area (Å²) in [7, 11) is 0. The molecule has 0 spiro atoms. The van der Waals surface area contributed by atoms with Gasteiger partial charge in [-0.2, -0.15) is 0 Å². The first-order valence-corrected chi connectivity index (χ1v) is 8.61. The summed E-state index contributed by atoms with van der Waals surface area (Å²) in [5.74, 6) is 0. The Bertz CT molecular complexity index is 484. The maximum atomic E-state index is 2.33. The molecule has 1 aromatic heterocycles. The van der Waals surface area contributed by atoms with E-state index in [9.17, 15) is 0 Å². The molecule has 1 heterocycles. The molecule has 21 heavy (non-hydrogen) atoms. The molecule has 0 N–H and O–H groups in total. The lowest BCUT2D eigenvalue weighted by Crippen LogP contribution is -1.94. The van der Waals surface area contributed by atoms with Gasteiger partial charge in [0.2, 0.25) is 0 Å². The molecule has 1 heteroatoms. The van der Waals surface area contributed by atoms with Crippen molar-refractivity contribution in [2.75, 3.05) is 0 Å². The van der Waals surface area contributed by atoms with Crippen LogP contribution in [0, 0.1) is 0 Å². The Morgan fingerprint density at radius 2 is 1.38 bits per heavy atom. The van der Waals surface area contributed by atoms with E-state index < -0.39 is 0 Å². The molecule has 114 valence electrons. The number of aromatic nitrogens is 1. The van der Waals surface area contributed by atoms with Gasteiger partial charge in [0.15, 0.2) is 0 Å². The van der Waals surface area contributed by atoms with Gasteiger partial charge in [0.25, 0.3) is 0 Å². The molecular weight excluding hydrogens is 254 g/mol. The van der Waals surface area contributed by atoms with Gasteiger partial charge in [-0.3, -0.25) is 0 Å². The number of hydrogen-bond donors (Lipinski definition) is 0. The molecule has 0 bridgehead atoms. The van der Waals surface area contributed by atoms with E-state index in [2.05, 4.69) is 60.3 Å². The van der Waals surface area contributed by atoms with Crippen LogP contribution < -0.4 is 0 Å². The van der Waals surface area contributed by atoms with Crippen LogP contribution in [0.5, 0.6) is 0 Å². The van der Waals surface area contributed by atoms with E-state index in [1.54, 1.807) is 0 Å². The van der Waals surface area contributed by atoms with E-state index in [-0.39, 0.29) is 0 Å². The highest BCUT2D eigenvalue weighted by Crippen LogP contribution is 2.19. The highest BCUT2D eigenvalue weighted by molar-refractivity contribution is 5.62. The highest BCUT2D eigenvalue weighted by Gasteiger charge is 1.99. The fourth-order valence-electron chi connectivity index (χ4n) is 2.81. The first-order chi connectivity index (χ1) is 10.4. The number of hydrogen-bond acceptors (Lipinski definition) is 0. The summed E-state index contributed by atoms with van der Waals surface area (Å²) >= 11 is 0. The topological polar surface area (TPSA) is 4.93 Å². The summed E-state index contributed by atoms with van der Waals surface area (Å²) in [6.45, 7) is 3.43. The molecule has 0 amide bonds. The molecule has 0 radical (unpaired) electrons. The van der Waals surface area contributed by atoms with E-state index >= 15 is 0 Å². The lowest BCUT2D eigenvalue weighted by Gasteiger charge is -2.03. The van der Waals surface area contributed by atoms with Gasteiger partial charge in [-0.05, 0) is 23.6 Å². The molecule has 2 aromatic rings. The number of benzene rings is 1. The van der Waals surface area contributed by atoms with E-state index in [0.717, 1.165) is 6.54 Å². The Morgan fingerprint density at radius 1 is 0.714 bits per heavy atom. The molecule has 0 aliphatic heterocycles. The van der Waals surface area contributed by atoms with Crippen molar-refractivity contribution >= 4 is 0 Å².